The van der Waals surface area contributed by atoms with Gasteiger partial charge in [-0.1, -0.05) is 29.4 Å². The van der Waals surface area contributed by atoms with Crippen molar-refractivity contribution >= 4 is 51.6 Å². The third-order valence-electron chi connectivity index (χ3n) is 2.80. The summed E-state index contributed by atoms with van der Waals surface area (Å²) in [5.41, 5.74) is 1.73. The number of carbonyl (C=O) groups is 1. The lowest BCUT2D eigenvalue weighted by molar-refractivity contribution is -0.118. The zero-order valence-corrected chi connectivity index (χ0v) is 13.3. The summed E-state index contributed by atoms with van der Waals surface area (Å²) in [5, 5.41) is 6.27. The zero-order chi connectivity index (χ0) is 14.7. The summed E-state index contributed by atoms with van der Waals surface area (Å²) in [7, 11) is 0. The van der Waals surface area contributed by atoms with E-state index >= 15 is 0 Å². The Kier molecular flexibility index (Phi) is 4.48. The molecule has 0 unspecified atom stereocenters. The number of amides is 1. The smallest absolute Gasteiger partial charge is 0.230 e. The van der Waals surface area contributed by atoms with Crippen LogP contribution < -0.4 is 5.32 Å². The first-order valence-corrected chi connectivity index (χ1v) is 8.52. The van der Waals surface area contributed by atoms with Crippen molar-refractivity contribution in [2.45, 2.75) is 11.7 Å². The van der Waals surface area contributed by atoms with Gasteiger partial charge in [0.25, 0.3) is 0 Å². The lowest BCUT2D eigenvalue weighted by Crippen LogP contribution is -2.24. The molecule has 0 saturated carbocycles. The number of benzene rings is 1. The molecule has 2 heterocycles. The fraction of sp³-hybridized carbons (Fsp3) is 0.143. The molecule has 3 rings (SSSR count). The van der Waals surface area contributed by atoms with Gasteiger partial charge < -0.3 is 10.3 Å². The first-order chi connectivity index (χ1) is 10.2. The van der Waals surface area contributed by atoms with Gasteiger partial charge in [0.15, 0.2) is 5.16 Å². The van der Waals surface area contributed by atoms with E-state index in [-0.39, 0.29) is 5.91 Å². The molecule has 0 spiro atoms. The Morgan fingerprint density at radius 2 is 2.33 bits per heavy atom. The SMILES string of the molecule is O=C(CSc1nc2ccc(Cl)cc2[nH]1)NCc1cccs1. The van der Waals surface area contributed by atoms with Gasteiger partial charge in [-0.3, -0.25) is 4.79 Å². The number of hydrogen-bond donors (Lipinski definition) is 2. The van der Waals surface area contributed by atoms with Gasteiger partial charge in [-0.2, -0.15) is 0 Å². The molecule has 7 heteroatoms. The highest BCUT2D eigenvalue weighted by Crippen LogP contribution is 2.22. The number of rotatable bonds is 5. The van der Waals surface area contributed by atoms with Gasteiger partial charge in [0.2, 0.25) is 5.91 Å². The van der Waals surface area contributed by atoms with Crippen molar-refractivity contribution in [1.29, 1.82) is 0 Å². The van der Waals surface area contributed by atoms with E-state index in [1.807, 2.05) is 29.6 Å². The summed E-state index contributed by atoms with van der Waals surface area (Å²) in [6.45, 7) is 0.576. The van der Waals surface area contributed by atoms with Crippen molar-refractivity contribution in [3.63, 3.8) is 0 Å². The van der Waals surface area contributed by atoms with Gasteiger partial charge >= 0.3 is 0 Å². The van der Waals surface area contributed by atoms with Gasteiger partial charge in [-0.15, -0.1) is 11.3 Å². The first-order valence-electron chi connectivity index (χ1n) is 6.28. The number of thiophene rings is 1. The van der Waals surface area contributed by atoms with Crippen LogP contribution in [0.25, 0.3) is 11.0 Å². The van der Waals surface area contributed by atoms with Crippen LogP contribution in [0.15, 0.2) is 40.9 Å². The number of carbonyl (C=O) groups excluding carboxylic acids is 1. The van der Waals surface area contributed by atoms with Crippen molar-refractivity contribution in [3.05, 3.63) is 45.6 Å². The van der Waals surface area contributed by atoms with E-state index in [1.54, 1.807) is 17.4 Å². The predicted octanol–water partition coefficient (Wildman–Crippen LogP) is 3.69. The summed E-state index contributed by atoms with van der Waals surface area (Å²) in [6.07, 6.45) is 0. The molecule has 0 saturated heterocycles. The average Bonchev–Trinajstić information content (AvgIpc) is 3.11. The predicted molar refractivity (Wildman–Crippen MR) is 88.0 cm³/mol. The Morgan fingerprint density at radius 1 is 1.43 bits per heavy atom. The quantitative estimate of drug-likeness (QED) is 0.698. The number of thioether (sulfide) groups is 1. The number of halogens is 1. The van der Waals surface area contributed by atoms with Crippen molar-refractivity contribution in [2.75, 3.05) is 5.75 Å². The van der Waals surface area contributed by atoms with Crippen LogP contribution >= 0.6 is 34.7 Å². The lowest BCUT2D eigenvalue weighted by Gasteiger charge is -2.01. The van der Waals surface area contributed by atoms with Crippen LogP contribution in [0.3, 0.4) is 0 Å². The minimum atomic E-state index is -0.00751. The molecule has 0 aliphatic heterocycles. The highest BCUT2D eigenvalue weighted by molar-refractivity contribution is 7.99. The largest absolute Gasteiger partial charge is 0.350 e. The summed E-state index contributed by atoms with van der Waals surface area (Å²) in [5.74, 6) is 0.325. The van der Waals surface area contributed by atoms with Crippen LogP contribution in [0.2, 0.25) is 5.02 Å². The molecule has 1 amide bonds. The van der Waals surface area contributed by atoms with Crippen molar-refractivity contribution in [3.8, 4) is 0 Å². The highest BCUT2D eigenvalue weighted by atomic mass is 35.5. The number of imidazole rings is 1. The van der Waals surface area contributed by atoms with Crippen LogP contribution in [-0.4, -0.2) is 21.6 Å². The molecule has 0 fully saturated rings. The Bertz CT molecular complexity index is 755. The summed E-state index contributed by atoms with van der Waals surface area (Å²) >= 11 is 8.94. The van der Waals surface area contributed by atoms with Crippen LogP contribution in [0.4, 0.5) is 0 Å². The molecular formula is C14H12ClN3OS2. The Morgan fingerprint density at radius 3 is 3.14 bits per heavy atom. The molecule has 2 N–H and O–H groups in total. The molecule has 0 aliphatic carbocycles. The molecule has 0 aliphatic rings. The number of aromatic amines is 1. The van der Waals surface area contributed by atoms with E-state index in [2.05, 4.69) is 15.3 Å². The molecule has 1 aromatic carbocycles. The number of nitrogens with one attached hydrogen (secondary N) is 2. The second-order valence-corrected chi connectivity index (χ2v) is 6.78. The number of aromatic nitrogens is 2. The number of hydrogen-bond acceptors (Lipinski definition) is 4. The molecule has 0 atom stereocenters. The van der Waals surface area contributed by atoms with Gasteiger partial charge in [0.05, 0.1) is 23.3 Å². The lowest BCUT2D eigenvalue weighted by atomic mass is 10.3. The van der Waals surface area contributed by atoms with E-state index < -0.39 is 0 Å². The van der Waals surface area contributed by atoms with Gasteiger partial charge in [0, 0.05) is 9.90 Å². The monoisotopic (exact) mass is 337 g/mol. The molecule has 3 aromatic rings. The summed E-state index contributed by atoms with van der Waals surface area (Å²) < 4.78 is 0. The van der Waals surface area contributed by atoms with Crippen LogP contribution in [0, 0.1) is 0 Å². The Labute approximate surface area is 134 Å². The van der Waals surface area contributed by atoms with E-state index in [9.17, 15) is 4.79 Å². The number of fused-ring (bicyclic) bond motifs is 1. The maximum atomic E-state index is 11.8. The van der Waals surface area contributed by atoms with Crippen LogP contribution in [0.1, 0.15) is 4.88 Å². The van der Waals surface area contributed by atoms with Crippen LogP contribution in [0.5, 0.6) is 0 Å². The minimum absolute atomic E-state index is 0.00751. The van der Waals surface area contributed by atoms with Gasteiger partial charge in [-0.25, -0.2) is 4.98 Å². The molecule has 0 bridgehead atoms. The summed E-state index contributed by atoms with van der Waals surface area (Å²) in [6, 6.07) is 9.45. The van der Waals surface area contributed by atoms with E-state index in [4.69, 9.17) is 11.6 Å². The van der Waals surface area contributed by atoms with Crippen LogP contribution in [-0.2, 0) is 11.3 Å². The van der Waals surface area contributed by atoms with Gasteiger partial charge in [0.1, 0.15) is 0 Å². The highest BCUT2D eigenvalue weighted by Gasteiger charge is 2.07. The maximum absolute atomic E-state index is 11.8. The summed E-state index contributed by atoms with van der Waals surface area (Å²) in [4.78, 5) is 20.5. The van der Waals surface area contributed by atoms with Gasteiger partial charge in [-0.05, 0) is 29.6 Å². The third-order valence-corrected chi connectivity index (χ3v) is 4.79. The third kappa shape index (κ3) is 3.78. The number of H-pyrrole nitrogens is 1. The molecular weight excluding hydrogens is 326 g/mol. The van der Waals surface area contributed by atoms with Crippen molar-refractivity contribution < 1.29 is 4.79 Å². The van der Waals surface area contributed by atoms with E-state index in [1.165, 1.54) is 11.8 Å². The minimum Gasteiger partial charge on any atom is -0.350 e. The normalized spacial score (nSPS) is 10.9. The molecule has 21 heavy (non-hydrogen) atoms. The molecule has 108 valence electrons. The first kappa shape index (κ1) is 14.4. The van der Waals surface area contributed by atoms with Crippen molar-refractivity contribution in [1.82, 2.24) is 15.3 Å². The topological polar surface area (TPSA) is 57.8 Å². The second-order valence-electron chi connectivity index (χ2n) is 4.35. The Hall–Kier alpha value is -1.50. The standard InChI is InChI=1S/C14H12ClN3OS2/c15-9-3-4-11-12(6-9)18-14(17-11)21-8-13(19)16-7-10-2-1-5-20-10/h1-6H,7-8H2,(H,16,19)(H,17,18). The molecule has 0 radical (unpaired) electrons. The maximum Gasteiger partial charge on any atom is 0.230 e. The van der Waals surface area contributed by atoms with E-state index in [0.29, 0.717) is 17.3 Å². The fourth-order valence-electron chi connectivity index (χ4n) is 1.81. The number of nitrogens with zero attached hydrogens (tertiary/aromatic N) is 1. The van der Waals surface area contributed by atoms with E-state index in [0.717, 1.165) is 21.1 Å². The zero-order valence-electron chi connectivity index (χ0n) is 10.9. The second kappa shape index (κ2) is 6.51. The molecule has 4 nitrogen and oxygen atoms in total. The molecule has 2 aromatic heterocycles. The van der Waals surface area contributed by atoms with Crippen molar-refractivity contribution in [2.24, 2.45) is 0 Å². The fourth-order valence-corrected chi connectivity index (χ4v) is 3.34. The average molecular weight is 338 g/mol. The Balaban J connectivity index is 1.54.